The fourth-order valence-corrected chi connectivity index (χ4v) is 3.52. The van der Waals surface area contributed by atoms with Gasteiger partial charge in [-0.2, -0.15) is 18.3 Å². The van der Waals surface area contributed by atoms with Crippen molar-refractivity contribution in [3.05, 3.63) is 83.3 Å². The van der Waals surface area contributed by atoms with Gasteiger partial charge in [0.1, 0.15) is 17.2 Å². The molecule has 5 nitrogen and oxygen atoms in total. The summed E-state index contributed by atoms with van der Waals surface area (Å²) >= 11 is 0. The van der Waals surface area contributed by atoms with E-state index in [4.69, 9.17) is 0 Å². The van der Waals surface area contributed by atoms with Crippen molar-refractivity contribution in [3.63, 3.8) is 0 Å². The third-order valence-electron chi connectivity index (χ3n) is 5.05. The molecule has 2 N–H and O–H groups in total. The Kier molecular flexibility index (Phi) is 5.19. The molecule has 2 atom stereocenters. The molecule has 4 rings (SSSR count). The van der Waals surface area contributed by atoms with E-state index in [0.717, 1.165) is 16.4 Å². The van der Waals surface area contributed by atoms with Crippen molar-refractivity contribution in [1.82, 2.24) is 15.1 Å². The largest absolute Gasteiger partial charge is 0.410 e. The molecule has 1 amide bonds. The predicted octanol–water partition coefficient (Wildman–Crippen LogP) is 4.61. The highest BCUT2D eigenvalue weighted by Gasteiger charge is 2.47. The number of aromatic nitrogens is 2. The molecular formula is C21H18F4N4O. The van der Waals surface area contributed by atoms with E-state index in [1.54, 1.807) is 0 Å². The maximum absolute atomic E-state index is 13.7. The van der Waals surface area contributed by atoms with Gasteiger partial charge in [0.2, 0.25) is 0 Å². The van der Waals surface area contributed by atoms with Crippen molar-refractivity contribution in [2.45, 2.75) is 31.2 Å². The Morgan fingerprint density at radius 2 is 1.83 bits per heavy atom. The van der Waals surface area contributed by atoms with Crippen molar-refractivity contribution >= 4 is 11.7 Å². The standard InChI is InChI=1S/C21H18F4N4O/c22-15-8-6-14(7-9-15)17-10-18(21(23,24)25)29-19(28-17)16(12-27-29)20(30)26-11-13-4-2-1-3-5-13/h1-9,12,17-18,28H,10-11H2,(H,26,30)/t17-,18-/m0/s1. The van der Waals surface area contributed by atoms with E-state index >= 15 is 0 Å². The number of benzene rings is 2. The van der Waals surface area contributed by atoms with Gasteiger partial charge >= 0.3 is 6.18 Å². The SMILES string of the molecule is O=C(NCc1ccccc1)c1cnn2c1N[C@H](c1ccc(F)cc1)C[C@H]2C(F)(F)F. The third-order valence-corrected chi connectivity index (χ3v) is 5.05. The molecule has 1 aliphatic rings. The summed E-state index contributed by atoms with van der Waals surface area (Å²) in [4.78, 5) is 12.7. The van der Waals surface area contributed by atoms with Crippen LogP contribution < -0.4 is 10.6 Å². The van der Waals surface area contributed by atoms with Gasteiger partial charge in [-0.15, -0.1) is 0 Å². The lowest BCUT2D eigenvalue weighted by Gasteiger charge is -2.34. The zero-order chi connectivity index (χ0) is 21.3. The lowest BCUT2D eigenvalue weighted by Crippen LogP contribution is -2.36. The average molecular weight is 418 g/mol. The number of nitrogens with one attached hydrogen (secondary N) is 2. The summed E-state index contributed by atoms with van der Waals surface area (Å²) in [6, 6.07) is 11.8. The van der Waals surface area contributed by atoms with Crippen molar-refractivity contribution in [1.29, 1.82) is 0 Å². The first-order valence-electron chi connectivity index (χ1n) is 9.31. The molecular weight excluding hydrogens is 400 g/mol. The molecule has 0 saturated heterocycles. The van der Waals surface area contributed by atoms with Crippen molar-refractivity contribution < 1.29 is 22.4 Å². The summed E-state index contributed by atoms with van der Waals surface area (Å²) < 4.78 is 55.2. The predicted molar refractivity (Wildman–Crippen MR) is 102 cm³/mol. The van der Waals surface area contributed by atoms with Crippen molar-refractivity contribution in [3.8, 4) is 0 Å². The summed E-state index contributed by atoms with van der Waals surface area (Å²) in [6.45, 7) is 0.231. The summed E-state index contributed by atoms with van der Waals surface area (Å²) in [5.41, 5.74) is 1.37. The lowest BCUT2D eigenvalue weighted by molar-refractivity contribution is -0.173. The molecule has 0 radical (unpaired) electrons. The van der Waals surface area contributed by atoms with Crippen molar-refractivity contribution in [2.75, 3.05) is 5.32 Å². The topological polar surface area (TPSA) is 59.0 Å². The first-order valence-corrected chi connectivity index (χ1v) is 9.31. The molecule has 1 aliphatic heterocycles. The van der Waals surface area contributed by atoms with Crippen LogP contribution in [0.2, 0.25) is 0 Å². The number of rotatable bonds is 4. The van der Waals surface area contributed by atoms with Crippen LogP contribution in [0.4, 0.5) is 23.4 Å². The highest BCUT2D eigenvalue weighted by Crippen LogP contribution is 2.44. The summed E-state index contributed by atoms with van der Waals surface area (Å²) in [6.07, 6.45) is -3.75. The first-order chi connectivity index (χ1) is 14.3. The van der Waals surface area contributed by atoms with Crippen LogP contribution >= 0.6 is 0 Å². The molecule has 30 heavy (non-hydrogen) atoms. The van der Waals surface area contributed by atoms with Gasteiger partial charge in [-0.1, -0.05) is 42.5 Å². The monoisotopic (exact) mass is 418 g/mol. The van der Waals surface area contributed by atoms with Gasteiger partial charge in [0, 0.05) is 13.0 Å². The zero-order valence-electron chi connectivity index (χ0n) is 15.7. The molecule has 156 valence electrons. The molecule has 0 aliphatic carbocycles. The van der Waals surface area contributed by atoms with Gasteiger partial charge in [0.05, 0.1) is 12.2 Å². The smallest absolute Gasteiger partial charge is 0.363 e. The number of nitrogens with zero attached hydrogens (tertiary/aromatic N) is 2. The molecule has 0 saturated carbocycles. The minimum Gasteiger partial charge on any atom is -0.363 e. The second kappa shape index (κ2) is 7.81. The maximum atomic E-state index is 13.7. The summed E-state index contributed by atoms with van der Waals surface area (Å²) in [7, 11) is 0. The van der Waals surface area contributed by atoms with Crippen LogP contribution in [-0.4, -0.2) is 21.9 Å². The number of carbonyl (C=O) groups excluding carboxylic acids is 1. The molecule has 2 aromatic carbocycles. The van der Waals surface area contributed by atoms with Gasteiger partial charge < -0.3 is 10.6 Å². The Labute approximate surface area is 169 Å². The molecule has 0 bridgehead atoms. The molecule has 3 aromatic rings. The van der Waals surface area contributed by atoms with E-state index in [9.17, 15) is 22.4 Å². The molecule has 9 heteroatoms. The van der Waals surface area contributed by atoms with Gasteiger partial charge in [0.15, 0.2) is 6.04 Å². The summed E-state index contributed by atoms with van der Waals surface area (Å²) in [5.74, 6) is -1.02. The number of amides is 1. The fraction of sp³-hybridized carbons (Fsp3) is 0.238. The quantitative estimate of drug-likeness (QED) is 0.609. The third kappa shape index (κ3) is 4.00. The Balaban J connectivity index is 1.62. The van der Waals surface area contributed by atoms with Crippen LogP contribution in [0.3, 0.4) is 0 Å². The van der Waals surface area contributed by atoms with E-state index in [-0.39, 0.29) is 24.3 Å². The zero-order valence-corrected chi connectivity index (χ0v) is 15.7. The van der Waals surface area contributed by atoms with Crippen molar-refractivity contribution in [2.24, 2.45) is 0 Å². The Bertz CT molecular complexity index is 1030. The minimum atomic E-state index is -4.56. The van der Waals surface area contributed by atoms with Crippen LogP contribution in [-0.2, 0) is 6.54 Å². The van der Waals surface area contributed by atoms with Gasteiger partial charge in [-0.3, -0.25) is 4.79 Å². The first kappa shape index (κ1) is 19.9. The Hall–Kier alpha value is -3.36. The van der Waals surface area contributed by atoms with Crippen LogP contribution in [0.25, 0.3) is 0 Å². The highest BCUT2D eigenvalue weighted by atomic mass is 19.4. The normalized spacial score (nSPS) is 18.4. The highest BCUT2D eigenvalue weighted by molar-refractivity contribution is 5.98. The number of anilines is 1. The molecule has 0 fully saturated rings. The molecule has 0 unspecified atom stereocenters. The van der Waals surface area contributed by atoms with Crippen LogP contribution in [0.5, 0.6) is 0 Å². The number of hydrogen-bond acceptors (Lipinski definition) is 3. The second-order valence-corrected chi connectivity index (χ2v) is 7.06. The van der Waals surface area contributed by atoms with E-state index in [2.05, 4.69) is 15.7 Å². The molecule has 2 heterocycles. The molecule has 0 spiro atoms. The summed E-state index contributed by atoms with van der Waals surface area (Å²) in [5, 5.41) is 9.52. The number of hydrogen-bond donors (Lipinski definition) is 2. The second-order valence-electron chi connectivity index (χ2n) is 7.06. The Morgan fingerprint density at radius 3 is 2.50 bits per heavy atom. The average Bonchev–Trinajstić information content (AvgIpc) is 3.16. The van der Waals surface area contributed by atoms with E-state index in [0.29, 0.717) is 5.56 Å². The Morgan fingerprint density at radius 1 is 1.13 bits per heavy atom. The lowest BCUT2D eigenvalue weighted by atomic mass is 9.96. The number of alkyl halides is 3. The van der Waals surface area contributed by atoms with Gasteiger partial charge in [-0.05, 0) is 23.3 Å². The fourth-order valence-electron chi connectivity index (χ4n) is 3.52. The van der Waals surface area contributed by atoms with E-state index < -0.39 is 30.0 Å². The van der Waals surface area contributed by atoms with Gasteiger partial charge in [0.25, 0.3) is 5.91 Å². The number of fused-ring (bicyclic) bond motifs is 1. The maximum Gasteiger partial charge on any atom is 0.410 e. The molecule has 1 aromatic heterocycles. The minimum absolute atomic E-state index is 0.0107. The van der Waals surface area contributed by atoms with Crippen LogP contribution in [0.15, 0.2) is 60.8 Å². The van der Waals surface area contributed by atoms with Gasteiger partial charge in [-0.25, -0.2) is 9.07 Å². The van der Waals surface area contributed by atoms with E-state index in [1.807, 2.05) is 30.3 Å². The number of carbonyl (C=O) groups is 1. The van der Waals surface area contributed by atoms with E-state index in [1.165, 1.54) is 24.3 Å². The van der Waals surface area contributed by atoms with Crippen LogP contribution in [0.1, 0.15) is 40.0 Å². The number of halogens is 4. The van der Waals surface area contributed by atoms with Crippen LogP contribution in [0, 0.1) is 5.82 Å².